The molecule has 0 aliphatic rings. The van der Waals surface area contributed by atoms with E-state index in [9.17, 15) is 4.39 Å². The largest absolute Gasteiger partial charge is 0.354 e. The standard InChI is InChI=1S/C13H14ClFN4/c1-8(2)7-16-13-18-11(17-12(14)19-13)9-5-3-4-6-10(9)15/h3-6,8H,7H2,1-2H3,(H,16,17,18,19). The Balaban J connectivity index is 2.34. The van der Waals surface area contributed by atoms with Crippen LogP contribution in [-0.2, 0) is 0 Å². The van der Waals surface area contributed by atoms with Gasteiger partial charge in [-0.3, -0.25) is 0 Å². The van der Waals surface area contributed by atoms with Gasteiger partial charge in [0, 0.05) is 6.54 Å². The van der Waals surface area contributed by atoms with E-state index in [2.05, 4.69) is 34.1 Å². The molecule has 0 spiro atoms. The average Bonchev–Trinajstić information content (AvgIpc) is 2.36. The summed E-state index contributed by atoms with van der Waals surface area (Å²) in [4.78, 5) is 12.1. The molecule has 0 aliphatic heterocycles. The molecule has 100 valence electrons. The van der Waals surface area contributed by atoms with Crippen LogP contribution in [0, 0.1) is 11.7 Å². The van der Waals surface area contributed by atoms with E-state index < -0.39 is 0 Å². The summed E-state index contributed by atoms with van der Waals surface area (Å²) in [5.74, 6) is 0.628. The molecule has 0 bridgehead atoms. The van der Waals surface area contributed by atoms with E-state index in [0.717, 1.165) is 0 Å². The van der Waals surface area contributed by atoms with Gasteiger partial charge in [0.25, 0.3) is 0 Å². The summed E-state index contributed by atoms with van der Waals surface area (Å²) in [5, 5.41) is 3.09. The molecule has 0 saturated heterocycles. The summed E-state index contributed by atoms with van der Waals surface area (Å²) in [7, 11) is 0. The smallest absolute Gasteiger partial charge is 0.227 e. The molecule has 0 radical (unpaired) electrons. The molecule has 2 aromatic rings. The van der Waals surface area contributed by atoms with Gasteiger partial charge in [-0.05, 0) is 29.7 Å². The molecule has 0 unspecified atom stereocenters. The summed E-state index contributed by atoms with van der Waals surface area (Å²) in [5.41, 5.74) is 0.305. The first-order chi connectivity index (χ1) is 9.06. The minimum absolute atomic E-state index is 0.0412. The molecule has 1 aromatic carbocycles. The molecule has 1 aromatic heterocycles. The molecule has 0 amide bonds. The Morgan fingerprint density at radius 3 is 2.63 bits per heavy atom. The lowest BCUT2D eigenvalue weighted by atomic mass is 10.2. The normalized spacial score (nSPS) is 10.8. The maximum Gasteiger partial charge on any atom is 0.227 e. The van der Waals surface area contributed by atoms with Crippen LogP contribution >= 0.6 is 11.6 Å². The number of hydrogen-bond acceptors (Lipinski definition) is 4. The minimum atomic E-state index is -0.389. The summed E-state index contributed by atoms with van der Waals surface area (Å²) in [6, 6.07) is 6.29. The van der Waals surface area contributed by atoms with Gasteiger partial charge in [0.05, 0.1) is 5.56 Å². The Morgan fingerprint density at radius 2 is 1.95 bits per heavy atom. The van der Waals surface area contributed by atoms with Gasteiger partial charge in [-0.25, -0.2) is 4.39 Å². The van der Waals surface area contributed by atoms with E-state index in [-0.39, 0.29) is 16.9 Å². The number of nitrogens with one attached hydrogen (secondary N) is 1. The van der Waals surface area contributed by atoms with Crippen LogP contribution in [-0.4, -0.2) is 21.5 Å². The second kappa shape index (κ2) is 5.93. The van der Waals surface area contributed by atoms with E-state index in [0.29, 0.717) is 24.0 Å². The van der Waals surface area contributed by atoms with Crippen LogP contribution in [0.25, 0.3) is 11.4 Å². The quantitative estimate of drug-likeness (QED) is 0.932. The first kappa shape index (κ1) is 13.7. The van der Waals surface area contributed by atoms with Crippen molar-refractivity contribution in [1.82, 2.24) is 15.0 Å². The number of nitrogens with zero attached hydrogens (tertiary/aromatic N) is 3. The maximum absolute atomic E-state index is 13.7. The van der Waals surface area contributed by atoms with Crippen molar-refractivity contribution in [3.63, 3.8) is 0 Å². The molecule has 2 rings (SSSR count). The van der Waals surface area contributed by atoms with Crippen LogP contribution in [0.2, 0.25) is 5.28 Å². The van der Waals surface area contributed by atoms with E-state index in [1.807, 2.05) is 0 Å². The van der Waals surface area contributed by atoms with E-state index in [1.54, 1.807) is 18.2 Å². The lowest BCUT2D eigenvalue weighted by Crippen LogP contribution is -2.11. The van der Waals surface area contributed by atoms with Gasteiger partial charge in [0.15, 0.2) is 5.82 Å². The fourth-order valence-corrected chi connectivity index (χ4v) is 1.65. The number of rotatable bonds is 4. The molecule has 0 aliphatic carbocycles. The summed E-state index contributed by atoms with van der Waals surface area (Å²) < 4.78 is 13.7. The van der Waals surface area contributed by atoms with Crippen LogP contribution in [0.4, 0.5) is 10.3 Å². The molecule has 1 heterocycles. The summed E-state index contributed by atoms with van der Waals surface area (Å²) >= 11 is 5.84. The topological polar surface area (TPSA) is 50.7 Å². The zero-order chi connectivity index (χ0) is 13.8. The van der Waals surface area contributed by atoms with Crippen molar-refractivity contribution in [3.8, 4) is 11.4 Å². The highest BCUT2D eigenvalue weighted by Crippen LogP contribution is 2.20. The predicted molar refractivity (Wildman–Crippen MR) is 73.6 cm³/mol. The zero-order valence-electron chi connectivity index (χ0n) is 10.7. The van der Waals surface area contributed by atoms with Crippen LogP contribution in [0.15, 0.2) is 24.3 Å². The highest BCUT2D eigenvalue weighted by atomic mass is 35.5. The molecule has 0 saturated carbocycles. The van der Waals surface area contributed by atoms with Gasteiger partial charge < -0.3 is 5.32 Å². The first-order valence-electron chi connectivity index (χ1n) is 5.96. The van der Waals surface area contributed by atoms with E-state index >= 15 is 0 Å². The van der Waals surface area contributed by atoms with Gasteiger partial charge in [0.1, 0.15) is 5.82 Å². The van der Waals surface area contributed by atoms with Crippen molar-refractivity contribution in [2.24, 2.45) is 5.92 Å². The van der Waals surface area contributed by atoms with Crippen LogP contribution in [0.3, 0.4) is 0 Å². The first-order valence-corrected chi connectivity index (χ1v) is 6.34. The lowest BCUT2D eigenvalue weighted by Gasteiger charge is -2.09. The Hall–Kier alpha value is -1.75. The minimum Gasteiger partial charge on any atom is -0.354 e. The van der Waals surface area contributed by atoms with Crippen molar-refractivity contribution >= 4 is 17.5 Å². The van der Waals surface area contributed by atoms with Crippen molar-refractivity contribution in [2.75, 3.05) is 11.9 Å². The van der Waals surface area contributed by atoms with Crippen molar-refractivity contribution in [3.05, 3.63) is 35.4 Å². The summed E-state index contributed by atoms with van der Waals surface area (Å²) in [6.45, 7) is 4.83. The maximum atomic E-state index is 13.7. The summed E-state index contributed by atoms with van der Waals surface area (Å²) in [6.07, 6.45) is 0. The third-order valence-corrected chi connectivity index (χ3v) is 2.56. The third kappa shape index (κ3) is 3.61. The molecular formula is C13H14ClFN4. The monoisotopic (exact) mass is 280 g/mol. The van der Waals surface area contributed by atoms with E-state index in [4.69, 9.17) is 11.6 Å². The highest BCUT2D eigenvalue weighted by molar-refractivity contribution is 6.28. The van der Waals surface area contributed by atoms with Gasteiger partial charge in [0.2, 0.25) is 11.2 Å². The number of benzene rings is 1. The Kier molecular flexibility index (Phi) is 4.27. The Morgan fingerprint density at radius 1 is 1.21 bits per heavy atom. The number of hydrogen-bond donors (Lipinski definition) is 1. The molecule has 6 heteroatoms. The van der Waals surface area contributed by atoms with Crippen LogP contribution < -0.4 is 5.32 Å². The second-order valence-corrected chi connectivity index (χ2v) is 4.84. The lowest BCUT2D eigenvalue weighted by molar-refractivity contribution is 0.629. The van der Waals surface area contributed by atoms with Crippen LogP contribution in [0.1, 0.15) is 13.8 Å². The van der Waals surface area contributed by atoms with Gasteiger partial charge in [-0.2, -0.15) is 15.0 Å². The van der Waals surface area contributed by atoms with Crippen LogP contribution in [0.5, 0.6) is 0 Å². The highest BCUT2D eigenvalue weighted by Gasteiger charge is 2.11. The third-order valence-electron chi connectivity index (χ3n) is 2.39. The zero-order valence-corrected chi connectivity index (χ0v) is 11.4. The fraction of sp³-hybridized carbons (Fsp3) is 0.308. The number of aromatic nitrogens is 3. The predicted octanol–water partition coefficient (Wildman–Crippen LogP) is 3.40. The number of halogens is 2. The average molecular weight is 281 g/mol. The second-order valence-electron chi connectivity index (χ2n) is 4.51. The Bertz CT molecular complexity index is 574. The number of anilines is 1. The molecule has 19 heavy (non-hydrogen) atoms. The van der Waals surface area contributed by atoms with Gasteiger partial charge >= 0.3 is 0 Å². The fourth-order valence-electron chi connectivity index (χ4n) is 1.49. The van der Waals surface area contributed by atoms with E-state index in [1.165, 1.54) is 6.07 Å². The van der Waals surface area contributed by atoms with Crippen molar-refractivity contribution in [1.29, 1.82) is 0 Å². The molecule has 0 fully saturated rings. The molecule has 1 N–H and O–H groups in total. The molecule has 0 atom stereocenters. The van der Waals surface area contributed by atoms with Gasteiger partial charge in [-0.15, -0.1) is 0 Å². The van der Waals surface area contributed by atoms with Gasteiger partial charge in [-0.1, -0.05) is 26.0 Å². The van der Waals surface area contributed by atoms with Crippen molar-refractivity contribution in [2.45, 2.75) is 13.8 Å². The molecular weight excluding hydrogens is 267 g/mol. The SMILES string of the molecule is CC(C)CNc1nc(Cl)nc(-c2ccccc2F)n1. The molecule has 4 nitrogen and oxygen atoms in total. The Labute approximate surface area is 116 Å². The van der Waals surface area contributed by atoms with Crippen molar-refractivity contribution < 1.29 is 4.39 Å².